The van der Waals surface area contributed by atoms with Crippen LogP contribution in [0.5, 0.6) is 0 Å². The lowest BCUT2D eigenvalue weighted by molar-refractivity contribution is -0.137. The molecule has 6 nitrogen and oxygen atoms in total. The molecule has 0 aliphatic rings. The van der Waals surface area contributed by atoms with E-state index in [1.807, 2.05) is 38.4 Å². The van der Waals surface area contributed by atoms with Gasteiger partial charge in [-0.05, 0) is 79.5 Å². The van der Waals surface area contributed by atoms with Crippen LogP contribution < -0.4 is 10.9 Å². The lowest BCUT2D eigenvalue weighted by Crippen LogP contribution is -2.35. The maximum Gasteiger partial charge on any atom is 0.305 e. The molecule has 1 unspecified atom stereocenters. The van der Waals surface area contributed by atoms with E-state index in [0.29, 0.717) is 12.5 Å². The molecule has 3 aromatic rings. The molecule has 0 saturated heterocycles. The van der Waals surface area contributed by atoms with Gasteiger partial charge in [0.25, 0.3) is 5.56 Å². The van der Waals surface area contributed by atoms with E-state index >= 15 is 0 Å². The van der Waals surface area contributed by atoms with Crippen LogP contribution >= 0.6 is 0 Å². The van der Waals surface area contributed by atoms with Crippen molar-refractivity contribution in [2.75, 3.05) is 6.54 Å². The number of benzene rings is 1. The highest BCUT2D eigenvalue weighted by atomic mass is 16.4. The molecule has 1 aromatic carbocycles. The summed E-state index contributed by atoms with van der Waals surface area (Å²) in [6.45, 7) is 12.8. The molecule has 0 bridgehead atoms. The summed E-state index contributed by atoms with van der Waals surface area (Å²) in [4.78, 5) is 29.0. The largest absolute Gasteiger partial charge is 0.481 e. The number of aryl methyl sites for hydroxylation is 4. The monoisotopic (exact) mass is 475 g/mol. The van der Waals surface area contributed by atoms with Gasteiger partial charge in [-0.3, -0.25) is 14.6 Å². The Bertz CT molecular complexity index is 1230. The third-order valence-corrected chi connectivity index (χ3v) is 6.60. The number of nitrogens with zero attached hydrogens (tertiary/aromatic N) is 2. The number of carboxylic acids is 1. The summed E-state index contributed by atoms with van der Waals surface area (Å²) in [5, 5.41) is 13.1. The van der Waals surface area contributed by atoms with Crippen LogP contribution in [0.25, 0.3) is 11.1 Å². The first-order valence-electron chi connectivity index (χ1n) is 12.2. The van der Waals surface area contributed by atoms with Crippen molar-refractivity contribution in [1.29, 1.82) is 0 Å². The smallest absolute Gasteiger partial charge is 0.305 e. The number of carbonyl (C=O) groups is 1. The van der Waals surface area contributed by atoms with E-state index in [-0.39, 0.29) is 18.0 Å². The lowest BCUT2D eigenvalue weighted by Gasteiger charge is -2.26. The maximum absolute atomic E-state index is 12.8. The predicted molar refractivity (Wildman–Crippen MR) is 141 cm³/mol. The lowest BCUT2D eigenvalue weighted by atomic mass is 9.94. The average molecular weight is 476 g/mol. The van der Waals surface area contributed by atoms with Gasteiger partial charge in [0, 0.05) is 48.8 Å². The zero-order valence-electron chi connectivity index (χ0n) is 21.6. The quantitative estimate of drug-likeness (QED) is 0.402. The van der Waals surface area contributed by atoms with E-state index in [0.717, 1.165) is 45.4 Å². The normalized spacial score (nSPS) is 13.1. The third kappa shape index (κ3) is 6.67. The standard InChI is InChI=1S/C29H37N3O3/c1-18(2)10-25(32-17-22(6)21(5)11-27(32)33)16-31-26(13-28(34)35)23-12-24(15-30-14-23)29-19(3)8-7-9-20(29)4/h7-9,11-12,14-15,17-18,25-26,31H,10,13,16H2,1-6H3,(H,34,35)/t25?,26-/m0/s1. The van der Waals surface area contributed by atoms with Gasteiger partial charge in [-0.1, -0.05) is 32.0 Å². The maximum atomic E-state index is 12.8. The number of pyridine rings is 2. The first kappa shape index (κ1) is 26.4. The molecular weight excluding hydrogens is 438 g/mol. The molecular formula is C29H37N3O3. The summed E-state index contributed by atoms with van der Waals surface area (Å²) in [7, 11) is 0. The van der Waals surface area contributed by atoms with Crippen molar-refractivity contribution in [2.45, 2.75) is 66.5 Å². The fourth-order valence-corrected chi connectivity index (χ4v) is 4.69. The number of hydrogen-bond acceptors (Lipinski definition) is 4. The Balaban J connectivity index is 1.93. The van der Waals surface area contributed by atoms with Crippen LogP contribution in [0, 0.1) is 33.6 Å². The molecule has 0 aliphatic carbocycles. The van der Waals surface area contributed by atoms with Crippen LogP contribution in [-0.2, 0) is 4.79 Å². The van der Waals surface area contributed by atoms with Crippen molar-refractivity contribution in [1.82, 2.24) is 14.9 Å². The van der Waals surface area contributed by atoms with Gasteiger partial charge in [0.1, 0.15) is 0 Å². The summed E-state index contributed by atoms with van der Waals surface area (Å²) in [5.74, 6) is -0.508. The second-order valence-corrected chi connectivity index (χ2v) is 10.0. The van der Waals surface area contributed by atoms with Gasteiger partial charge in [-0.2, -0.15) is 0 Å². The van der Waals surface area contributed by atoms with E-state index in [1.54, 1.807) is 16.8 Å². The van der Waals surface area contributed by atoms with E-state index in [2.05, 4.69) is 50.1 Å². The highest BCUT2D eigenvalue weighted by Gasteiger charge is 2.21. The zero-order valence-corrected chi connectivity index (χ0v) is 21.6. The summed E-state index contributed by atoms with van der Waals surface area (Å²) in [6, 6.07) is 9.36. The molecule has 0 radical (unpaired) electrons. The Labute approximate surface area is 208 Å². The highest BCUT2D eigenvalue weighted by molar-refractivity contribution is 5.71. The Morgan fingerprint density at radius 3 is 2.34 bits per heavy atom. The highest BCUT2D eigenvalue weighted by Crippen LogP contribution is 2.29. The molecule has 2 aromatic heterocycles. The second-order valence-electron chi connectivity index (χ2n) is 10.0. The van der Waals surface area contributed by atoms with Gasteiger partial charge in [-0.15, -0.1) is 0 Å². The number of nitrogens with one attached hydrogen (secondary N) is 1. The van der Waals surface area contributed by atoms with Crippen molar-refractivity contribution in [3.05, 3.63) is 87.1 Å². The van der Waals surface area contributed by atoms with Crippen LogP contribution in [0.4, 0.5) is 0 Å². The third-order valence-electron chi connectivity index (χ3n) is 6.60. The SMILES string of the molecule is Cc1cc(=O)n(C(CN[C@@H](CC(=O)O)c2cncc(-c3c(C)cccc3C)c2)CC(C)C)cc1C. The predicted octanol–water partition coefficient (Wildman–Crippen LogP) is 5.54. The van der Waals surface area contributed by atoms with Gasteiger partial charge in [0.05, 0.1) is 6.42 Å². The summed E-state index contributed by atoms with van der Waals surface area (Å²) in [6.07, 6.45) is 6.20. The molecule has 0 amide bonds. The van der Waals surface area contributed by atoms with Crippen molar-refractivity contribution < 1.29 is 9.90 Å². The minimum Gasteiger partial charge on any atom is -0.481 e. The molecule has 0 spiro atoms. The van der Waals surface area contributed by atoms with E-state index < -0.39 is 12.0 Å². The number of aromatic nitrogens is 2. The first-order valence-corrected chi connectivity index (χ1v) is 12.2. The Morgan fingerprint density at radius 1 is 1.03 bits per heavy atom. The Hall–Kier alpha value is -3.25. The minimum absolute atomic E-state index is 0.0333. The fraction of sp³-hybridized carbons (Fsp3) is 0.414. The zero-order chi connectivity index (χ0) is 25.7. The number of rotatable bonds is 10. The van der Waals surface area contributed by atoms with Crippen LogP contribution in [0.3, 0.4) is 0 Å². The summed E-state index contributed by atoms with van der Waals surface area (Å²) >= 11 is 0. The Kier molecular flexibility index (Phi) is 8.62. The molecule has 186 valence electrons. The number of hydrogen-bond donors (Lipinski definition) is 2. The molecule has 2 atom stereocenters. The van der Waals surface area contributed by atoms with Gasteiger partial charge in [0.15, 0.2) is 0 Å². The van der Waals surface area contributed by atoms with Crippen LogP contribution in [0.15, 0.2) is 53.7 Å². The first-order chi connectivity index (χ1) is 16.6. The molecule has 2 N–H and O–H groups in total. The van der Waals surface area contributed by atoms with Crippen LogP contribution in [0.2, 0.25) is 0 Å². The van der Waals surface area contributed by atoms with E-state index in [9.17, 15) is 14.7 Å². The van der Waals surface area contributed by atoms with Crippen molar-refractivity contribution in [3.63, 3.8) is 0 Å². The van der Waals surface area contributed by atoms with Crippen molar-refractivity contribution in [2.24, 2.45) is 5.92 Å². The molecule has 0 aliphatic heterocycles. The van der Waals surface area contributed by atoms with E-state index in [4.69, 9.17) is 0 Å². The molecule has 3 rings (SSSR count). The molecule has 2 heterocycles. The second kappa shape index (κ2) is 11.5. The van der Waals surface area contributed by atoms with Crippen molar-refractivity contribution >= 4 is 5.97 Å². The number of aliphatic carboxylic acids is 1. The van der Waals surface area contributed by atoms with Gasteiger partial charge in [-0.25, -0.2) is 0 Å². The number of carboxylic acid groups (broad SMARTS) is 1. The van der Waals surface area contributed by atoms with Gasteiger partial charge < -0.3 is 15.0 Å². The summed E-state index contributed by atoms with van der Waals surface area (Å²) < 4.78 is 1.79. The molecule has 0 saturated carbocycles. The van der Waals surface area contributed by atoms with Gasteiger partial charge in [0.2, 0.25) is 0 Å². The molecule has 6 heteroatoms. The fourth-order valence-electron chi connectivity index (χ4n) is 4.69. The van der Waals surface area contributed by atoms with Crippen LogP contribution in [-0.4, -0.2) is 27.2 Å². The average Bonchev–Trinajstić information content (AvgIpc) is 2.78. The van der Waals surface area contributed by atoms with Gasteiger partial charge >= 0.3 is 5.97 Å². The summed E-state index contributed by atoms with van der Waals surface area (Å²) in [5.41, 5.74) is 7.22. The topological polar surface area (TPSA) is 84.2 Å². The van der Waals surface area contributed by atoms with Crippen molar-refractivity contribution in [3.8, 4) is 11.1 Å². The van der Waals surface area contributed by atoms with E-state index in [1.165, 1.54) is 0 Å². The Morgan fingerprint density at radius 2 is 1.71 bits per heavy atom. The minimum atomic E-state index is -0.885. The van der Waals surface area contributed by atoms with Crippen LogP contribution in [0.1, 0.15) is 66.6 Å². The molecule has 0 fully saturated rings. The molecule has 35 heavy (non-hydrogen) atoms.